The van der Waals surface area contributed by atoms with Crippen LogP contribution in [-0.2, 0) is 0 Å². The molecule has 1 aliphatic rings. The van der Waals surface area contributed by atoms with Gasteiger partial charge in [-0.2, -0.15) is 0 Å². The Morgan fingerprint density at radius 3 is 2.95 bits per heavy atom. The minimum absolute atomic E-state index is 0.152. The molecule has 1 amide bonds. The predicted octanol–water partition coefficient (Wildman–Crippen LogP) is 3.19. The molecule has 0 radical (unpaired) electrons. The average molecular weight is 343 g/mol. The molecule has 1 unspecified atom stereocenters. The van der Waals surface area contributed by atoms with Gasteiger partial charge in [-0.25, -0.2) is 4.39 Å². The molecule has 0 bridgehead atoms. The van der Waals surface area contributed by atoms with E-state index in [-0.39, 0.29) is 11.5 Å². The number of halogens is 2. The predicted molar refractivity (Wildman–Crippen MR) is 81.3 cm³/mol. The summed E-state index contributed by atoms with van der Waals surface area (Å²) in [5.74, 6) is -0.685. The van der Waals surface area contributed by atoms with Gasteiger partial charge in [-0.05, 0) is 44.0 Å². The van der Waals surface area contributed by atoms with Gasteiger partial charge in [0.15, 0.2) is 0 Å². The number of hydrogen-bond donors (Lipinski definition) is 1. The minimum Gasteiger partial charge on any atom is -0.337 e. The van der Waals surface area contributed by atoms with Crippen molar-refractivity contribution in [2.24, 2.45) is 0 Å². The second-order valence-electron chi connectivity index (χ2n) is 5.17. The zero-order valence-electron chi connectivity index (χ0n) is 11.7. The van der Waals surface area contributed by atoms with Crippen molar-refractivity contribution in [1.29, 1.82) is 0 Å². The zero-order valence-corrected chi connectivity index (χ0v) is 13.2. The van der Waals surface area contributed by atoms with Gasteiger partial charge < -0.3 is 10.2 Å². The van der Waals surface area contributed by atoms with E-state index in [4.69, 9.17) is 0 Å². The van der Waals surface area contributed by atoms with E-state index in [0.717, 1.165) is 25.8 Å². The van der Waals surface area contributed by atoms with Gasteiger partial charge in [0, 0.05) is 23.6 Å². The summed E-state index contributed by atoms with van der Waals surface area (Å²) in [6.07, 6.45) is 3.10. The Labute approximate surface area is 127 Å². The van der Waals surface area contributed by atoms with Crippen LogP contribution in [0.4, 0.5) is 4.39 Å². The Kier molecular flexibility index (Phi) is 5.54. The molecular formula is C15H20BrFN2O. The first-order valence-electron chi connectivity index (χ1n) is 7.09. The van der Waals surface area contributed by atoms with Gasteiger partial charge in [0.25, 0.3) is 5.91 Å². The van der Waals surface area contributed by atoms with Crippen LogP contribution in [0.2, 0.25) is 0 Å². The summed E-state index contributed by atoms with van der Waals surface area (Å²) in [5.41, 5.74) is 0.152. The summed E-state index contributed by atoms with van der Waals surface area (Å²) in [4.78, 5) is 14.3. The molecule has 110 valence electrons. The van der Waals surface area contributed by atoms with Gasteiger partial charge in [-0.1, -0.05) is 22.9 Å². The van der Waals surface area contributed by atoms with Crippen LogP contribution in [0.5, 0.6) is 0 Å². The van der Waals surface area contributed by atoms with Gasteiger partial charge in [-0.15, -0.1) is 0 Å². The fraction of sp³-hybridized carbons (Fsp3) is 0.533. The van der Waals surface area contributed by atoms with Crippen molar-refractivity contribution in [2.45, 2.75) is 32.2 Å². The Morgan fingerprint density at radius 1 is 1.55 bits per heavy atom. The lowest BCUT2D eigenvalue weighted by Gasteiger charge is -2.25. The number of rotatable bonds is 5. The first-order valence-corrected chi connectivity index (χ1v) is 7.89. The summed E-state index contributed by atoms with van der Waals surface area (Å²) in [6, 6.07) is 4.93. The highest BCUT2D eigenvalue weighted by molar-refractivity contribution is 9.10. The van der Waals surface area contributed by atoms with E-state index in [1.807, 2.05) is 6.92 Å². The number of nitrogens with one attached hydrogen (secondary N) is 1. The maximum absolute atomic E-state index is 13.9. The number of amides is 1. The fourth-order valence-electron chi connectivity index (χ4n) is 2.56. The van der Waals surface area contributed by atoms with Crippen LogP contribution in [0.3, 0.4) is 0 Å². The third kappa shape index (κ3) is 3.79. The van der Waals surface area contributed by atoms with Crippen LogP contribution in [0.15, 0.2) is 22.7 Å². The smallest absolute Gasteiger partial charge is 0.256 e. The number of hydrogen-bond acceptors (Lipinski definition) is 2. The van der Waals surface area contributed by atoms with Crippen molar-refractivity contribution in [3.8, 4) is 0 Å². The maximum atomic E-state index is 13.9. The first-order chi connectivity index (χ1) is 9.61. The zero-order chi connectivity index (χ0) is 14.5. The lowest BCUT2D eigenvalue weighted by molar-refractivity contribution is 0.0737. The molecule has 2 rings (SSSR count). The molecule has 0 saturated carbocycles. The minimum atomic E-state index is -0.468. The van der Waals surface area contributed by atoms with E-state index in [9.17, 15) is 9.18 Å². The second kappa shape index (κ2) is 7.18. The van der Waals surface area contributed by atoms with Crippen LogP contribution in [0.1, 0.15) is 36.5 Å². The van der Waals surface area contributed by atoms with Gasteiger partial charge in [-0.3, -0.25) is 4.79 Å². The SMILES string of the molecule is CCCN(CC1CCCN1)C(=O)c1ccc(Br)cc1F. The van der Waals surface area contributed by atoms with Crippen LogP contribution < -0.4 is 5.32 Å². The summed E-state index contributed by atoms with van der Waals surface area (Å²) >= 11 is 3.21. The quantitative estimate of drug-likeness (QED) is 0.891. The van der Waals surface area contributed by atoms with Crippen molar-refractivity contribution in [2.75, 3.05) is 19.6 Å². The highest BCUT2D eigenvalue weighted by atomic mass is 79.9. The molecule has 1 aromatic rings. The number of nitrogens with zero attached hydrogens (tertiary/aromatic N) is 1. The van der Waals surface area contributed by atoms with Crippen LogP contribution in [0.25, 0.3) is 0 Å². The van der Waals surface area contributed by atoms with E-state index in [1.54, 1.807) is 17.0 Å². The lowest BCUT2D eigenvalue weighted by Crippen LogP contribution is -2.41. The summed E-state index contributed by atoms with van der Waals surface area (Å²) in [7, 11) is 0. The van der Waals surface area contributed by atoms with Gasteiger partial charge >= 0.3 is 0 Å². The summed E-state index contributed by atoms with van der Waals surface area (Å²) in [5, 5.41) is 3.38. The number of benzene rings is 1. The van der Waals surface area contributed by atoms with E-state index < -0.39 is 5.82 Å². The molecule has 0 aliphatic carbocycles. The third-order valence-corrected chi connectivity index (χ3v) is 4.04. The summed E-state index contributed by atoms with van der Waals surface area (Å²) in [6.45, 7) is 4.35. The molecule has 1 atom stereocenters. The van der Waals surface area contributed by atoms with Crippen molar-refractivity contribution in [1.82, 2.24) is 10.2 Å². The Morgan fingerprint density at radius 2 is 2.35 bits per heavy atom. The monoisotopic (exact) mass is 342 g/mol. The molecule has 5 heteroatoms. The fourth-order valence-corrected chi connectivity index (χ4v) is 2.89. The Bertz CT molecular complexity index is 475. The van der Waals surface area contributed by atoms with Crippen LogP contribution in [-0.4, -0.2) is 36.5 Å². The molecule has 1 saturated heterocycles. The molecule has 1 aromatic carbocycles. The molecule has 20 heavy (non-hydrogen) atoms. The van der Waals surface area contributed by atoms with Crippen LogP contribution in [0, 0.1) is 5.82 Å². The normalized spacial score (nSPS) is 18.2. The number of carbonyl (C=O) groups excluding carboxylic acids is 1. The topological polar surface area (TPSA) is 32.3 Å². The van der Waals surface area contributed by atoms with Crippen molar-refractivity contribution in [3.63, 3.8) is 0 Å². The molecule has 0 spiro atoms. The average Bonchev–Trinajstić information content (AvgIpc) is 2.90. The third-order valence-electron chi connectivity index (χ3n) is 3.55. The first kappa shape index (κ1) is 15.4. The van der Waals surface area contributed by atoms with E-state index >= 15 is 0 Å². The molecule has 1 fully saturated rings. The maximum Gasteiger partial charge on any atom is 0.256 e. The molecular weight excluding hydrogens is 323 g/mol. The van der Waals surface area contributed by atoms with Gasteiger partial charge in [0.2, 0.25) is 0 Å². The van der Waals surface area contributed by atoms with E-state index in [0.29, 0.717) is 23.6 Å². The highest BCUT2D eigenvalue weighted by Gasteiger charge is 2.23. The second-order valence-corrected chi connectivity index (χ2v) is 6.08. The largest absolute Gasteiger partial charge is 0.337 e. The molecule has 1 N–H and O–H groups in total. The molecule has 0 aromatic heterocycles. The molecule has 3 nitrogen and oxygen atoms in total. The molecule has 1 heterocycles. The standard InChI is InChI=1S/C15H20BrFN2O/c1-2-8-19(10-12-4-3-7-18-12)15(20)13-6-5-11(16)9-14(13)17/h5-6,9,12,18H,2-4,7-8,10H2,1H3. The highest BCUT2D eigenvalue weighted by Crippen LogP contribution is 2.18. The van der Waals surface area contributed by atoms with Crippen molar-refractivity contribution < 1.29 is 9.18 Å². The Hall–Kier alpha value is -0.940. The van der Waals surface area contributed by atoms with E-state index in [2.05, 4.69) is 21.2 Å². The van der Waals surface area contributed by atoms with Crippen molar-refractivity contribution >= 4 is 21.8 Å². The number of carbonyl (C=O) groups is 1. The van der Waals surface area contributed by atoms with Gasteiger partial charge in [0.1, 0.15) is 5.82 Å². The van der Waals surface area contributed by atoms with Gasteiger partial charge in [0.05, 0.1) is 5.56 Å². The lowest BCUT2D eigenvalue weighted by atomic mass is 10.1. The summed E-state index contributed by atoms with van der Waals surface area (Å²) < 4.78 is 14.6. The van der Waals surface area contributed by atoms with E-state index in [1.165, 1.54) is 6.07 Å². The van der Waals surface area contributed by atoms with Crippen LogP contribution >= 0.6 is 15.9 Å². The molecule has 1 aliphatic heterocycles. The van der Waals surface area contributed by atoms with Crippen molar-refractivity contribution in [3.05, 3.63) is 34.1 Å². The Balaban J connectivity index is 2.12.